The van der Waals surface area contributed by atoms with Crippen LogP contribution in [0.4, 0.5) is 11.4 Å². The zero-order valence-electron chi connectivity index (χ0n) is 14.3. The van der Waals surface area contributed by atoms with Gasteiger partial charge in [0.1, 0.15) is 0 Å². The summed E-state index contributed by atoms with van der Waals surface area (Å²) < 4.78 is 0. The standard InChI is InChI=1S/C18H29N3O/c1-5-20(6-2)17-8-7-15(19)10-16(17)18(22)21-11-13(3)9-14(4)12-21/h7-8,10,13-14H,5-6,9,11-12,19H2,1-4H3/t13-,14-/m1/s1. The third-order valence-electron chi connectivity index (χ3n) is 4.51. The zero-order chi connectivity index (χ0) is 16.3. The third kappa shape index (κ3) is 3.54. The Bertz CT molecular complexity index is 515. The van der Waals surface area contributed by atoms with Crippen molar-refractivity contribution in [2.45, 2.75) is 34.1 Å². The van der Waals surface area contributed by atoms with Crippen molar-refractivity contribution in [1.29, 1.82) is 0 Å². The Labute approximate surface area is 134 Å². The van der Waals surface area contributed by atoms with E-state index in [1.165, 1.54) is 6.42 Å². The maximum Gasteiger partial charge on any atom is 0.256 e. The molecule has 0 radical (unpaired) electrons. The summed E-state index contributed by atoms with van der Waals surface area (Å²) in [6.45, 7) is 12.1. The van der Waals surface area contributed by atoms with Gasteiger partial charge in [0, 0.05) is 37.6 Å². The van der Waals surface area contributed by atoms with Gasteiger partial charge in [-0.1, -0.05) is 13.8 Å². The molecule has 22 heavy (non-hydrogen) atoms. The van der Waals surface area contributed by atoms with Crippen LogP contribution in [0.15, 0.2) is 18.2 Å². The molecule has 1 aromatic rings. The molecule has 1 heterocycles. The molecule has 1 fully saturated rings. The molecule has 1 aliphatic rings. The quantitative estimate of drug-likeness (QED) is 0.869. The Balaban J connectivity index is 2.33. The Morgan fingerprint density at radius 2 is 1.82 bits per heavy atom. The van der Waals surface area contributed by atoms with Crippen LogP contribution in [0.5, 0.6) is 0 Å². The molecular formula is C18H29N3O. The second-order valence-corrected chi connectivity index (χ2v) is 6.61. The largest absolute Gasteiger partial charge is 0.399 e. The molecule has 1 saturated heterocycles. The van der Waals surface area contributed by atoms with Crippen molar-refractivity contribution in [3.8, 4) is 0 Å². The van der Waals surface area contributed by atoms with Gasteiger partial charge in [-0.3, -0.25) is 4.79 Å². The Morgan fingerprint density at radius 1 is 1.23 bits per heavy atom. The molecule has 122 valence electrons. The molecule has 1 aliphatic heterocycles. The fraction of sp³-hybridized carbons (Fsp3) is 0.611. The first-order chi connectivity index (χ1) is 10.5. The molecule has 2 atom stereocenters. The van der Waals surface area contributed by atoms with Crippen LogP contribution < -0.4 is 10.6 Å². The third-order valence-corrected chi connectivity index (χ3v) is 4.51. The van der Waals surface area contributed by atoms with E-state index >= 15 is 0 Å². The van der Waals surface area contributed by atoms with Gasteiger partial charge in [0.05, 0.1) is 5.56 Å². The highest BCUT2D eigenvalue weighted by atomic mass is 16.2. The molecule has 0 aliphatic carbocycles. The second kappa shape index (κ2) is 7.03. The van der Waals surface area contributed by atoms with Gasteiger partial charge >= 0.3 is 0 Å². The first-order valence-corrected chi connectivity index (χ1v) is 8.39. The number of benzene rings is 1. The van der Waals surface area contributed by atoms with Gasteiger partial charge < -0.3 is 15.5 Å². The van der Waals surface area contributed by atoms with Gasteiger partial charge in [0.15, 0.2) is 0 Å². The first kappa shape index (κ1) is 16.7. The molecule has 2 rings (SSSR count). The lowest BCUT2D eigenvalue weighted by Crippen LogP contribution is -2.43. The van der Waals surface area contributed by atoms with Gasteiger partial charge in [-0.05, 0) is 50.3 Å². The van der Waals surface area contributed by atoms with Gasteiger partial charge in [-0.15, -0.1) is 0 Å². The van der Waals surface area contributed by atoms with Crippen molar-refractivity contribution in [3.05, 3.63) is 23.8 Å². The molecule has 0 spiro atoms. The highest BCUT2D eigenvalue weighted by molar-refractivity contribution is 6.00. The van der Waals surface area contributed by atoms with E-state index < -0.39 is 0 Å². The summed E-state index contributed by atoms with van der Waals surface area (Å²) in [6, 6.07) is 5.69. The van der Waals surface area contributed by atoms with Crippen molar-refractivity contribution in [2.24, 2.45) is 11.8 Å². The van der Waals surface area contributed by atoms with Gasteiger partial charge in [-0.2, -0.15) is 0 Å². The normalized spacial score (nSPS) is 21.7. The van der Waals surface area contributed by atoms with E-state index in [1.54, 1.807) is 0 Å². The van der Waals surface area contributed by atoms with Crippen molar-refractivity contribution in [2.75, 3.05) is 36.8 Å². The number of hydrogen-bond acceptors (Lipinski definition) is 3. The summed E-state index contributed by atoms with van der Waals surface area (Å²) >= 11 is 0. The first-order valence-electron chi connectivity index (χ1n) is 8.39. The van der Waals surface area contributed by atoms with Crippen LogP contribution in [-0.4, -0.2) is 37.0 Å². The number of likely N-dealkylation sites (tertiary alicyclic amines) is 1. The smallest absolute Gasteiger partial charge is 0.256 e. The van der Waals surface area contributed by atoms with E-state index in [-0.39, 0.29) is 5.91 Å². The minimum atomic E-state index is 0.118. The topological polar surface area (TPSA) is 49.6 Å². The van der Waals surface area contributed by atoms with Gasteiger partial charge in [0.2, 0.25) is 0 Å². The number of nitrogens with zero attached hydrogens (tertiary/aromatic N) is 2. The van der Waals surface area contributed by atoms with E-state index in [1.807, 2.05) is 23.1 Å². The number of carbonyl (C=O) groups is 1. The number of nitrogens with two attached hydrogens (primary N) is 1. The summed E-state index contributed by atoms with van der Waals surface area (Å²) in [4.78, 5) is 17.3. The average molecular weight is 303 g/mol. The highest BCUT2D eigenvalue weighted by Gasteiger charge is 2.28. The molecule has 2 N–H and O–H groups in total. The molecule has 4 heteroatoms. The van der Waals surface area contributed by atoms with E-state index in [0.29, 0.717) is 17.5 Å². The second-order valence-electron chi connectivity index (χ2n) is 6.61. The fourth-order valence-electron chi connectivity index (χ4n) is 3.56. The van der Waals surface area contributed by atoms with Crippen LogP contribution in [0, 0.1) is 11.8 Å². The van der Waals surface area contributed by atoms with Crippen LogP contribution in [0.3, 0.4) is 0 Å². The molecule has 1 aromatic carbocycles. The van der Waals surface area contributed by atoms with Crippen LogP contribution >= 0.6 is 0 Å². The Kier molecular flexibility index (Phi) is 5.33. The van der Waals surface area contributed by atoms with Crippen molar-refractivity contribution < 1.29 is 4.79 Å². The fourth-order valence-corrected chi connectivity index (χ4v) is 3.56. The molecule has 4 nitrogen and oxygen atoms in total. The molecule has 1 amide bonds. The molecule has 0 aromatic heterocycles. The van der Waals surface area contributed by atoms with E-state index in [4.69, 9.17) is 5.73 Å². The van der Waals surface area contributed by atoms with Crippen LogP contribution in [-0.2, 0) is 0 Å². The number of rotatable bonds is 4. The lowest BCUT2D eigenvalue weighted by Gasteiger charge is -2.36. The summed E-state index contributed by atoms with van der Waals surface area (Å²) in [6.07, 6.45) is 1.20. The maximum absolute atomic E-state index is 13.0. The summed E-state index contributed by atoms with van der Waals surface area (Å²) in [7, 11) is 0. The summed E-state index contributed by atoms with van der Waals surface area (Å²) in [5.41, 5.74) is 8.33. The van der Waals surface area contributed by atoms with Gasteiger partial charge in [0.25, 0.3) is 5.91 Å². The van der Waals surface area contributed by atoms with Crippen molar-refractivity contribution in [3.63, 3.8) is 0 Å². The lowest BCUT2D eigenvalue weighted by atomic mass is 9.91. The number of hydrogen-bond donors (Lipinski definition) is 1. The number of carbonyl (C=O) groups excluding carboxylic acids is 1. The van der Waals surface area contributed by atoms with E-state index in [0.717, 1.165) is 37.4 Å². The van der Waals surface area contributed by atoms with Crippen LogP contribution in [0.25, 0.3) is 0 Å². The SMILES string of the molecule is CCN(CC)c1ccc(N)cc1C(=O)N1C[C@H](C)C[C@@H](C)C1. The molecule has 0 bridgehead atoms. The molecule has 0 unspecified atom stereocenters. The Morgan fingerprint density at radius 3 is 2.36 bits per heavy atom. The van der Waals surface area contributed by atoms with Crippen LogP contribution in [0.1, 0.15) is 44.5 Å². The van der Waals surface area contributed by atoms with Crippen molar-refractivity contribution >= 4 is 17.3 Å². The van der Waals surface area contributed by atoms with Crippen molar-refractivity contribution in [1.82, 2.24) is 4.90 Å². The predicted octanol–water partition coefficient (Wildman–Crippen LogP) is 3.23. The van der Waals surface area contributed by atoms with E-state index in [2.05, 4.69) is 32.6 Å². The van der Waals surface area contributed by atoms with E-state index in [9.17, 15) is 4.79 Å². The summed E-state index contributed by atoms with van der Waals surface area (Å²) in [5.74, 6) is 1.24. The molecule has 0 saturated carbocycles. The number of anilines is 2. The van der Waals surface area contributed by atoms with Crippen LogP contribution in [0.2, 0.25) is 0 Å². The minimum absolute atomic E-state index is 0.118. The summed E-state index contributed by atoms with van der Waals surface area (Å²) in [5, 5.41) is 0. The maximum atomic E-state index is 13.0. The predicted molar refractivity (Wildman–Crippen MR) is 93.3 cm³/mol. The highest BCUT2D eigenvalue weighted by Crippen LogP contribution is 2.28. The number of amides is 1. The Hall–Kier alpha value is -1.71. The zero-order valence-corrected chi connectivity index (χ0v) is 14.3. The number of nitrogen functional groups attached to an aromatic ring is 1. The monoisotopic (exact) mass is 303 g/mol. The average Bonchev–Trinajstić information content (AvgIpc) is 2.48. The minimum Gasteiger partial charge on any atom is -0.399 e. The number of piperidine rings is 1. The molecular weight excluding hydrogens is 274 g/mol. The lowest BCUT2D eigenvalue weighted by molar-refractivity contribution is 0.0624. The van der Waals surface area contributed by atoms with Gasteiger partial charge in [-0.25, -0.2) is 0 Å².